The molecular formula is C36H52Br2N6O8. The molecule has 2 fully saturated rings. The molecule has 1 aromatic rings. The van der Waals surface area contributed by atoms with Crippen LogP contribution in [0.25, 0.3) is 0 Å². The molecule has 2 unspecified atom stereocenters. The fraction of sp³-hybridized carbons (Fsp3) is 0.639. The zero-order valence-electron chi connectivity index (χ0n) is 31.3. The third kappa shape index (κ3) is 10.8. The molecule has 52 heavy (non-hydrogen) atoms. The second-order valence-corrected chi connectivity index (χ2v) is 19.3. The molecule has 2 aliphatic rings. The number of amides is 6. The lowest BCUT2D eigenvalue weighted by molar-refractivity contribution is -0.145. The van der Waals surface area contributed by atoms with Crippen molar-refractivity contribution in [2.75, 3.05) is 27.2 Å². The number of nitrogens with zero attached hydrogens (tertiary/aromatic N) is 2. The van der Waals surface area contributed by atoms with E-state index in [-0.39, 0.29) is 30.7 Å². The van der Waals surface area contributed by atoms with Crippen LogP contribution in [0.4, 0.5) is 4.79 Å². The number of hydrogen-bond acceptors (Lipinski definition) is 8. The summed E-state index contributed by atoms with van der Waals surface area (Å²) in [5, 5.41) is 10.3. The minimum absolute atomic E-state index is 0.139. The van der Waals surface area contributed by atoms with Gasteiger partial charge in [-0.1, -0.05) is 103 Å². The molecule has 0 spiro atoms. The minimum Gasteiger partial charge on any atom is -0.444 e. The number of alkyl halides is 2. The van der Waals surface area contributed by atoms with Crippen LogP contribution in [0, 0.1) is 17.3 Å². The topological polar surface area (TPSA) is 183 Å². The summed E-state index contributed by atoms with van der Waals surface area (Å²) in [6.45, 7) is 12.0. The van der Waals surface area contributed by atoms with Crippen LogP contribution >= 0.6 is 31.9 Å². The van der Waals surface area contributed by atoms with Crippen molar-refractivity contribution in [3.05, 3.63) is 35.9 Å². The maximum atomic E-state index is 14.1. The van der Waals surface area contributed by atoms with E-state index in [2.05, 4.69) is 53.1 Å². The van der Waals surface area contributed by atoms with Crippen molar-refractivity contribution in [3.8, 4) is 0 Å². The van der Waals surface area contributed by atoms with Gasteiger partial charge in [0, 0.05) is 32.5 Å². The molecule has 0 bridgehead atoms. The Labute approximate surface area is 322 Å². The van der Waals surface area contributed by atoms with Crippen LogP contribution < -0.4 is 21.3 Å². The summed E-state index contributed by atoms with van der Waals surface area (Å²) in [4.78, 5) is 96.0. The van der Waals surface area contributed by atoms with E-state index in [0.29, 0.717) is 18.4 Å². The number of fused-ring (bicyclic) bond motifs is 1. The highest BCUT2D eigenvalue weighted by Crippen LogP contribution is 2.67. The lowest BCUT2D eigenvalue weighted by Gasteiger charge is -2.37. The van der Waals surface area contributed by atoms with Crippen molar-refractivity contribution in [3.63, 3.8) is 0 Å². The van der Waals surface area contributed by atoms with E-state index in [4.69, 9.17) is 4.74 Å². The summed E-state index contributed by atoms with van der Waals surface area (Å²) in [7, 11) is 3.11. The number of benzene rings is 1. The standard InChI is InChI=1S/C36H52Br2N6O8/c1-10-11-17-22(27(46)30(48)39-18-23(45)41-25(31(49)43(8)9)20-15-13-12-14-16-20)40-29(47)26-24-21(36(24,37)38)19-44(26)32(50)28(34(2,3)4)42-33(51)52-35(5,6)7/h12-16,21-22,24-26,28H,10-11,17-19H2,1-9H3,(H,39,48)(H,40,47)(H,41,45)(H,42,51)/t21?,22?,24-,25-,26-,28+/m0/s1. The number of ether oxygens (including phenoxy) is 1. The maximum absolute atomic E-state index is 14.1. The van der Waals surface area contributed by atoms with Gasteiger partial charge in [-0.2, -0.15) is 0 Å². The number of unbranched alkanes of at least 4 members (excludes halogenated alkanes) is 1. The summed E-state index contributed by atoms with van der Waals surface area (Å²) in [5.41, 5.74) is -1.01. The molecule has 0 aromatic heterocycles. The number of likely N-dealkylation sites (tertiary alicyclic amines) is 1. The van der Waals surface area contributed by atoms with Crippen LogP contribution in [-0.2, 0) is 33.5 Å². The maximum Gasteiger partial charge on any atom is 0.408 e. The molecule has 1 saturated heterocycles. The number of likely N-dealkylation sites (N-methyl/N-ethyl adjacent to an activating group) is 1. The lowest BCUT2D eigenvalue weighted by Crippen LogP contribution is -2.61. The van der Waals surface area contributed by atoms with E-state index >= 15 is 0 Å². The van der Waals surface area contributed by atoms with Crippen LogP contribution in [0.3, 0.4) is 0 Å². The van der Waals surface area contributed by atoms with E-state index in [1.54, 1.807) is 86.0 Å². The number of Topliss-reactive ketones (excluding diaryl/α,β-unsaturated/α-hetero) is 1. The number of nitrogens with one attached hydrogen (secondary N) is 4. The number of hydrogen-bond donors (Lipinski definition) is 4. The first-order valence-electron chi connectivity index (χ1n) is 17.4. The fourth-order valence-corrected chi connectivity index (χ4v) is 7.85. The molecule has 6 atom stereocenters. The molecule has 16 heteroatoms. The molecule has 1 aromatic carbocycles. The van der Waals surface area contributed by atoms with E-state index in [1.807, 2.05) is 6.92 Å². The van der Waals surface area contributed by atoms with E-state index < -0.39 is 80.5 Å². The van der Waals surface area contributed by atoms with Gasteiger partial charge in [-0.15, -0.1) is 0 Å². The predicted octanol–water partition coefficient (Wildman–Crippen LogP) is 3.17. The van der Waals surface area contributed by atoms with Gasteiger partial charge in [-0.25, -0.2) is 4.79 Å². The van der Waals surface area contributed by atoms with E-state index in [9.17, 15) is 33.6 Å². The Kier molecular flexibility index (Phi) is 14.1. The average Bonchev–Trinajstić information content (AvgIpc) is 3.35. The minimum atomic E-state index is -1.24. The number of alkyl carbamates (subject to hydrolysis) is 1. The van der Waals surface area contributed by atoms with Gasteiger partial charge < -0.3 is 35.8 Å². The van der Waals surface area contributed by atoms with Crippen molar-refractivity contribution >= 4 is 73.3 Å². The zero-order valence-corrected chi connectivity index (χ0v) is 34.5. The Hall–Kier alpha value is -3.53. The van der Waals surface area contributed by atoms with Gasteiger partial charge in [0.25, 0.3) is 5.91 Å². The van der Waals surface area contributed by atoms with Gasteiger partial charge in [0.2, 0.25) is 29.4 Å². The Morgan fingerprint density at radius 1 is 0.962 bits per heavy atom. The molecule has 1 aliphatic carbocycles. The number of rotatable bonds is 14. The molecule has 0 radical (unpaired) electrons. The number of piperidine rings is 1. The van der Waals surface area contributed by atoms with Crippen LogP contribution in [0.2, 0.25) is 0 Å². The van der Waals surface area contributed by atoms with Gasteiger partial charge in [0.05, 0.1) is 15.8 Å². The molecular weight excluding hydrogens is 804 g/mol. The van der Waals surface area contributed by atoms with Gasteiger partial charge in [0.1, 0.15) is 23.7 Å². The SMILES string of the molecule is CCCCC(NC(=O)[C@@H]1[C@@H]2C(CN1C(=O)[C@@H](NC(=O)OC(C)(C)C)C(C)(C)C)C2(Br)Br)C(=O)C(=O)NCC(=O)N[C@H](C(=O)N(C)C)c1ccccc1. The van der Waals surface area contributed by atoms with Gasteiger partial charge in [0.15, 0.2) is 0 Å². The Balaban J connectivity index is 1.76. The quantitative estimate of drug-likeness (QED) is 0.163. The molecule has 1 heterocycles. The number of carbonyl (C=O) groups is 7. The van der Waals surface area contributed by atoms with Gasteiger partial charge in [-0.3, -0.25) is 28.8 Å². The molecule has 1 saturated carbocycles. The smallest absolute Gasteiger partial charge is 0.408 e. The Morgan fingerprint density at radius 2 is 1.58 bits per heavy atom. The summed E-state index contributed by atoms with van der Waals surface area (Å²) in [6, 6.07) is 4.29. The van der Waals surface area contributed by atoms with Crippen LogP contribution in [-0.4, -0.2) is 105 Å². The zero-order chi connectivity index (χ0) is 39.3. The van der Waals surface area contributed by atoms with Crippen molar-refractivity contribution < 1.29 is 38.3 Å². The first-order valence-corrected chi connectivity index (χ1v) is 19.0. The summed E-state index contributed by atoms with van der Waals surface area (Å²) >= 11 is 7.25. The highest BCUT2D eigenvalue weighted by molar-refractivity contribution is 9.25. The molecule has 3 rings (SSSR count). The van der Waals surface area contributed by atoms with Crippen LogP contribution in [0.15, 0.2) is 30.3 Å². The van der Waals surface area contributed by atoms with Crippen molar-refractivity contribution in [1.82, 2.24) is 31.1 Å². The first-order chi connectivity index (χ1) is 24.0. The largest absolute Gasteiger partial charge is 0.444 e. The fourth-order valence-electron chi connectivity index (χ4n) is 6.12. The van der Waals surface area contributed by atoms with Gasteiger partial charge in [-0.05, 0) is 38.2 Å². The van der Waals surface area contributed by atoms with Crippen molar-refractivity contribution in [2.24, 2.45) is 17.3 Å². The highest BCUT2D eigenvalue weighted by atomic mass is 79.9. The summed E-state index contributed by atoms with van der Waals surface area (Å²) in [5.74, 6) is -4.72. The van der Waals surface area contributed by atoms with Crippen LogP contribution in [0.5, 0.6) is 0 Å². The van der Waals surface area contributed by atoms with E-state index in [1.165, 1.54) is 9.80 Å². The van der Waals surface area contributed by atoms with Crippen molar-refractivity contribution in [2.45, 2.75) is 101 Å². The number of ketones is 1. The highest BCUT2D eigenvalue weighted by Gasteiger charge is 2.73. The predicted molar refractivity (Wildman–Crippen MR) is 201 cm³/mol. The molecule has 4 N–H and O–H groups in total. The number of carbonyl (C=O) groups excluding carboxylic acids is 7. The first kappa shape index (κ1) is 42.9. The second-order valence-electron chi connectivity index (χ2n) is 15.6. The summed E-state index contributed by atoms with van der Waals surface area (Å²) < 4.78 is 4.80. The Morgan fingerprint density at radius 3 is 2.12 bits per heavy atom. The number of halogens is 2. The second kappa shape index (κ2) is 17.1. The van der Waals surface area contributed by atoms with E-state index in [0.717, 1.165) is 0 Å². The average molecular weight is 857 g/mol. The molecule has 6 amide bonds. The molecule has 288 valence electrons. The molecule has 1 aliphatic heterocycles. The molecule has 14 nitrogen and oxygen atoms in total. The van der Waals surface area contributed by atoms with Crippen molar-refractivity contribution in [1.29, 1.82) is 0 Å². The third-order valence-electron chi connectivity index (χ3n) is 8.90. The Bertz CT molecular complexity index is 1520. The lowest BCUT2D eigenvalue weighted by atomic mass is 9.85. The third-order valence-corrected chi connectivity index (χ3v) is 11.1. The van der Waals surface area contributed by atoms with Gasteiger partial charge >= 0.3 is 6.09 Å². The normalized spacial score (nSPS) is 20.7. The summed E-state index contributed by atoms with van der Waals surface area (Å²) in [6.07, 6.45) is 0.536. The van der Waals surface area contributed by atoms with Crippen LogP contribution in [0.1, 0.15) is 79.3 Å². The monoisotopic (exact) mass is 854 g/mol.